The summed E-state index contributed by atoms with van der Waals surface area (Å²) in [5.74, 6) is 0.845. The van der Waals surface area contributed by atoms with Crippen LogP contribution in [-0.2, 0) is 11.2 Å². The van der Waals surface area contributed by atoms with Crippen LogP contribution in [0.4, 0.5) is 0 Å². The van der Waals surface area contributed by atoms with E-state index >= 15 is 0 Å². The minimum absolute atomic E-state index is 0.0680. The SMILES string of the molecule is COc1ccccc1CC(=O)NCCCCCCI. The second-order valence-electron chi connectivity index (χ2n) is 4.44. The van der Waals surface area contributed by atoms with Crippen molar-refractivity contribution in [3.63, 3.8) is 0 Å². The second kappa shape index (κ2) is 10.1. The van der Waals surface area contributed by atoms with Crippen molar-refractivity contribution in [1.29, 1.82) is 0 Å². The van der Waals surface area contributed by atoms with Crippen LogP contribution in [0, 0.1) is 0 Å². The van der Waals surface area contributed by atoms with E-state index in [-0.39, 0.29) is 5.91 Å². The van der Waals surface area contributed by atoms with Gasteiger partial charge in [-0.1, -0.05) is 53.6 Å². The smallest absolute Gasteiger partial charge is 0.224 e. The number of rotatable bonds is 9. The summed E-state index contributed by atoms with van der Waals surface area (Å²) in [5, 5.41) is 2.96. The zero-order chi connectivity index (χ0) is 13.9. The highest BCUT2D eigenvalue weighted by atomic mass is 127. The normalized spacial score (nSPS) is 10.2. The molecule has 0 spiro atoms. The number of halogens is 1. The molecule has 3 nitrogen and oxygen atoms in total. The van der Waals surface area contributed by atoms with Gasteiger partial charge in [-0.15, -0.1) is 0 Å². The van der Waals surface area contributed by atoms with Crippen molar-refractivity contribution in [2.24, 2.45) is 0 Å². The molecule has 19 heavy (non-hydrogen) atoms. The van der Waals surface area contributed by atoms with Crippen LogP contribution in [0.25, 0.3) is 0 Å². The van der Waals surface area contributed by atoms with E-state index in [1.165, 1.54) is 23.7 Å². The second-order valence-corrected chi connectivity index (χ2v) is 5.52. The Bertz CT molecular complexity index is 382. The fourth-order valence-corrected chi connectivity index (χ4v) is 2.42. The number of ether oxygens (including phenoxy) is 1. The van der Waals surface area contributed by atoms with Crippen molar-refractivity contribution >= 4 is 28.5 Å². The van der Waals surface area contributed by atoms with Gasteiger partial charge in [0.05, 0.1) is 13.5 Å². The maximum absolute atomic E-state index is 11.8. The van der Waals surface area contributed by atoms with Gasteiger partial charge in [0.15, 0.2) is 0 Å². The molecule has 0 saturated carbocycles. The number of para-hydroxylation sites is 1. The number of amides is 1. The van der Waals surface area contributed by atoms with Crippen molar-refractivity contribution in [3.8, 4) is 5.75 Å². The van der Waals surface area contributed by atoms with E-state index in [9.17, 15) is 4.79 Å². The van der Waals surface area contributed by atoms with Gasteiger partial charge >= 0.3 is 0 Å². The zero-order valence-corrected chi connectivity index (χ0v) is 13.6. The molecule has 1 aromatic carbocycles. The number of hydrogen-bond acceptors (Lipinski definition) is 2. The highest BCUT2D eigenvalue weighted by Crippen LogP contribution is 2.17. The average molecular weight is 375 g/mol. The van der Waals surface area contributed by atoms with Gasteiger partial charge in [0.25, 0.3) is 0 Å². The summed E-state index contributed by atoms with van der Waals surface area (Å²) in [4.78, 5) is 11.8. The van der Waals surface area contributed by atoms with Gasteiger partial charge in [0.1, 0.15) is 5.75 Å². The summed E-state index contributed by atoms with van der Waals surface area (Å²) in [6.07, 6.45) is 5.17. The molecule has 0 aliphatic carbocycles. The third kappa shape index (κ3) is 6.80. The first-order valence-electron chi connectivity index (χ1n) is 6.72. The van der Waals surface area contributed by atoms with Gasteiger partial charge < -0.3 is 10.1 Å². The summed E-state index contributed by atoms with van der Waals surface area (Å²) in [5.41, 5.74) is 0.937. The molecular formula is C15H22INO2. The van der Waals surface area contributed by atoms with E-state index in [1.54, 1.807) is 7.11 Å². The molecule has 0 bridgehead atoms. The first-order chi connectivity index (χ1) is 9.27. The third-order valence-corrected chi connectivity index (χ3v) is 3.69. The van der Waals surface area contributed by atoms with Crippen LogP contribution < -0.4 is 10.1 Å². The molecule has 4 heteroatoms. The number of benzene rings is 1. The van der Waals surface area contributed by atoms with E-state index in [0.29, 0.717) is 6.42 Å². The van der Waals surface area contributed by atoms with Crippen molar-refractivity contribution in [3.05, 3.63) is 29.8 Å². The Morgan fingerprint density at radius 1 is 1.21 bits per heavy atom. The minimum atomic E-state index is 0.0680. The highest BCUT2D eigenvalue weighted by molar-refractivity contribution is 14.1. The third-order valence-electron chi connectivity index (χ3n) is 2.93. The van der Waals surface area contributed by atoms with Crippen molar-refractivity contribution in [2.75, 3.05) is 18.1 Å². The fourth-order valence-electron chi connectivity index (χ4n) is 1.89. The number of carbonyl (C=O) groups is 1. The van der Waals surface area contributed by atoms with E-state index < -0.39 is 0 Å². The van der Waals surface area contributed by atoms with Gasteiger partial charge in [-0.25, -0.2) is 0 Å². The van der Waals surface area contributed by atoms with Crippen molar-refractivity contribution in [2.45, 2.75) is 32.1 Å². The molecule has 0 fully saturated rings. The van der Waals surface area contributed by atoms with E-state index in [4.69, 9.17) is 4.74 Å². The molecule has 1 amide bonds. The number of hydrogen-bond donors (Lipinski definition) is 1. The van der Waals surface area contributed by atoms with E-state index in [0.717, 1.165) is 24.3 Å². The summed E-state index contributed by atoms with van der Waals surface area (Å²) in [6.45, 7) is 0.773. The van der Waals surface area contributed by atoms with Crippen molar-refractivity contribution in [1.82, 2.24) is 5.32 Å². The largest absolute Gasteiger partial charge is 0.496 e. The molecule has 0 radical (unpaired) electrons. The van der Waals surface area contributed by atoms with Gasteiger partial charge in [0.2, 0.25) is 5.91 Å². The number of methoxy groups -OCH3 is 1. The Hall–Kier alpha value is -0.780. The molecule has 1 aromatic rings. The molecular weight excluding hydrogens is 353 g/mol. The van der Waals surface area contributed by atoms with Crippen LogP contribution in [0.3, 0.4) is 0 Å². The molecule has 106 valence electrons. The van der Waals surface area contributed by atoms with E-state index in [1.807, 2.05) is 24.3 Å². The van der Waals surface area contributed by atoms with Crippen LogP contribution in [0.2, 0.25) is 0 Å². The number of unbranched alkanes of at least 4 members (excludes halogenated alkanes) is 3. The Morgan fingerprint density at radius 2 is 1.95 bits per heavy atom. The van der Waals surface area contributed by atoms with Gasteiger partial charge in [-0.2, -0.15) is 0 Å². The maximum atomic E-state index is 11.8. The molecule has 1 rings (SSSR count). The van der Waals surface area contributed by atoms with Crippen LogP contribution in [0.5, 0.6) is 5.75 Å². The van der Waals surface area contributed by atoms with Gasteiger partial charge in [0, 0.05) is 12.1 Å². The molecule has 0 aromatic heterocycles. The lowest BCUT2D eigenvalue weighted by Gasteiger charge is -2.08. The highest BCUT2D eigenvalue weighted by Gasteiger charge is 2.07. The quantitative estimate of drug-likeness (QED) is 0.409. The Morgan fingerprint density at radius 3 is 2.68 bits per heavy atom. The van der Waals surface area contributed by atoms with Crippen molar-refractivity contribution < 1.29 is 9.53 Å². The summed E-state index contributed by atoms with van der Waals surface area (Å²) >= 11 is 2.40. The standard InChI is InChI=1S/C15H22INO2/c1-19-14-9-5-4-8-13(14)12-15(18)17-11-7-3-2-6-10-16/h4-5,8-9H,2-3,6-7,10-12H2,1H3,(H,17,18). The number of nitrogens with one attached hydrogen (secondary N) is 1. The molecule has 0 heterocycles. The first-order valence-corrected chi connectivity index (χ1v) is 8.25. The first kappa shape index (κ1) is 16.3. The summed E-state index contributed by atoms with van der Waals surface area (Å²) < 4.78 is 6.46. The lowest BCUT2D eigenvalue weighted by molar-refractivity contribution is -0.120. The maximum Gasteiger partial charge on any atom is 0.224 e. The predicted octanol–water partition coefficient (Wildman–Crippen LogP) is 3.35. The lowest BCUT2D eigenvalue weighted by atomic mass is 10.1. The van der Waals surface area contributed by atoms with Crippen LogP contribution in [0.1, 0.15) is 31.2 Å². The van der Waals surface area contributed by atoms with Crippen LogP contribution in [-0.4, -0.2) is 24.0 Å². The lowest BCUT2D eigenvalue weighted by Crippen LogP contribution is -2.26. The summed E-state index contributed by atoms with van der Waals surface area (Å²) in [7, 11) is 1.63. The predicted molar refractivity (Wildman–Crippen MR) is 87.1 cm³/mol. The number of alkyl halides is 1. The number of carbonyl (C=O) groups excluding carboxylic acids is 1. The van der Waals surface area contributed by atoms with Crippen LogP contribution in [0.15, 0.2) is 24.3 Å². The monoisotopic (exact) mass is 375 g/mol. The van der Waals surface area contributed by atoms with E-state index in [2.05, 4.69) is 27.9 Å². The Labute approximate surface area is 129 Å². The topological polar surface area (TPSA) is 38.3 Å². The minimum Gasteiger partial charge on any atom is -0.496 e. The molecule has 0 saturated heterocycles. The Balaban J connectivity index is 2.23. The average Bonchev–Trinajstić information content (AvgIpc) is 2.43. The zero-order valence-electron chi connectivity index (χ0n) is 11.5. The molecule has 0 unspecified atom stereocenters. The Kier molecular flexibility index (Phi) is 8.62. The fraction of sp³-hybridized carbons (Fsp3) is 0.533. The van der Waals surface area contributed by atoms with Crippen LogP contribution >= 0.6 is 22.6 Å². The molecule has 0 aliphatic heterocycles. The van der Waals surface area contributed by atoms with Gasteiger partial charge in [-0.05, 0) is 23.3 Å². The van der Waals surface area contributed by atoms with Gasteiger partial charge in [-0.3, -0.25) is 4.79 Å². The molecule has 1 N–H and O–H groups in total. The molecule has 0 aliphatic rings. The molecule has 0 atom stereocenters. The summed E-state index contributed by atoms with van der Waals surface area (Å²) in [6, 6.07) is 7.65.